The van der Waals surface area contributed by atoms with Crippen molar-refractivity contribution >= 4 is 83.3 Å². The molecule has 6 heteroatoms. The van der Waals surface area contributed by atoms with Crippen LogP contribution in [0.5, 0.6) is 17.2 Å². The van der Waals surface area contributed by atoms with Crippen molar-refractivity contribution in [3.63, 3.8) is 0 Å². The van der Waals surface area contributed by atoms with Gasteiger partial charge in [-0.05, 0) is 78.4 Å². The van der Waals surface area contributed by atoms with E-state index >= 15 is 0 Å². The molecule has 0 bridgehead atoms. The molecule has 5 heterocycles. The van der Waals surface area contributed by atoms with Gasteiger partial charge in [-0.2, -0.15) is 0 Å². The standard InChI is InChI=1S/C54H32BN3O2/c1-7-19-45-36(13-1)37-14-2-8-20-46(37)56(45)33-26-28-52-44(30-33)55-54-43(42-18-6-12-24-51(42)60-55)29-35(32-53(54)59-52)58-49-23-11-5-17-40(49)41-27-25-34(31-50(41)58)57-47-21-9-3-15-38(47)39-16-4-10-22-48(39)57/h1-32H. The van der Waals surface area contributed by atoms with Gasteiger partial charge in [-0.25, -0.2) is 0 Å². The van der Waals surface area contributed by atoms with Gasteiger partial charge in [0.05, 0.1) is 38.8 Å². The molecule has 60 heavy (non-hydrogen) atoms. The lowest BCUT2D eigenvalue weighted by Crippen LogP contribution is -2.53. The summed E-state index contributed by atoms with van der Waals surface area (Å²) >= 11 is 0. The van der Waals surface area contributed by atoms with Crippen LogP contribution in [0.15, 0.2) is 194 Å². The van der Waals surface area contributed by atoms with Crippen molar-refractivity contribution in [2.45, 2.75) is 0 Å². The van der Waals surface area contributed by atoms with Gasteiger partial charge < -0.3 is 23.1 Å². The number of hydrogen-bond acceptors (Lipinski definition) is 2. The summed E-state index contributed by atoms with van der Waals surface area (Å²) in [7, 11) is 0. The first-order valence-corrected chi connectivity index (χ1v) is 20.5. The smallest absolute Gasteiger partial charge is 0.434 e. The molecule has 14 rings (SSSR count). The Labute approximate surface area is 344 Å². The van der Waals surface area contributed by atoms with Crippen LogP contribution in [-0.4, -0.2) is 20.6 Å². The van der Waals surface area contributed by atoms with Crippen LogP contribution in [0.1, 0.15) is 0 Å². The van der Waals surface area contributed by atoms with E-state index < -0.39 is 0 Å². The number of nitrogens with zero attached hydrogens (tertiary/aromatic N) is 3. The molecule has 5 nitrogen and oxygen atoms in total. The molecule has 0 amide bonds. The third-order valence-corrected chi connectivity index (χ3v) is 12.9. The summed E-state index contributed by atoms with van der Waals surface area (Å²) in [6.07, 6.45) is 0. The molecular weight excluding hydrogens is 733 g/mol. The Bertz CT molecular complexity index is 3710. The molecular formula is C54H32BN3O2. The van der Waals surface area contributed by atoms with Crippen LogP contribution < -0.4 is 20.3 Å². The van der Waals surface area contributed by atoms with E-state index in [4.69, 9.17) is 9.39 Å². The van der Waals surface area contributed by atoms with E-state index in [0.717, 1.165) is 67.4 Å². The highest BCUT2D eigenvalue weighted by molar-refractivity contribution is 6.84. The molecule has 0 saturated carbocycles. The summed E-state index contributed by atoms with van der Waals surface area (Å²) in [6, 6.07) is 69.8. The first kappa shape index (κ1) is 32.1. The van der Waals surface area contributed by atoms with Crippen molar-refractivity contribution in [3.8, 4) is 45.4 Å². The highest BCUT2D eigenvalue weighted by atomic mass is 16.5. The Kier molecular flexibility index (Phi) is 6.31. The zero-order valence-electron chi connectivity index (χ0n) is 32.2. The third kappa shape index (κ3) is 4.26. The highest BCUT2D eigenvalue weighted by Crippen LogP contribution is 2.43. The molecule has 0 unspecified atom stereocenters. The first-order chi connectivity index (χ1) is 29.8. The number of benzene rings is 9. The fraction of sp³-hybridized carbons (Fsp3) is 0. The molecule has 0 aliphatic carbocycles. The largest absolute Gasteiger partial charge is 0.551 e. The summed E-state index contributed by atoms with van der Waals surface area (Å²) < 4.78 is 21.2. The number of hydrogen-bond donors (Lipinski definition) is 0. The van der Waals surface area contributed by atoms with Crippen LogP contribution in [-0.2, 0) is 0 Å². The number of rotatable bonds is 3. The lowest BCUT2D eigenvalue weighted by molar-refractivity contribution is 0.479. The molecule has 0 saturated heterocycles. The van der Waals surface area contributed by atoms with Crippen LogP contribution in [0, 0.1) is 0 Å². The normalized spacial score (nSPS) is 12.9. The van der Waals surface area contributed by atoms with Gasteiger partial charge in [-0.3, -0.25) is 0 Å². The number of fused-ring (bicyclic) bond motifs is 13. The van der Waals surface area contributed by atoms with Crippen LogP contribution in [0.3, 0.4) is 0 Å². The second kappa shape index (κ2) is 11.8. The van der Waals surface area contributed by atoms with Crippen molar-refractivity contribution in [2.24, 2.45) is 0 Å². The molecule has 9 aromatic carbocycles. The van der Waals surface area contributed by atoms with E-state index in [9.17, 15) is 0 Å². The van der Waals surface area contributed by atoms with Crippen LogP contribution >= 0.6 is 0 Å². The Morgan fingerprint density at radius 1 is 0.317 bits per heavy atom. The molecule has 2 aliphatic rings. The second-order valence-electron chi connectivity index (χ2n) is 16.0. The quantitative estimate of drug-likeness (QED) is 0.168. The number of aromatic nitrogens is 3. The zero-order chi connectivity index (χ0) is 39.1. The van der Waals surface area contributed by atoms with Crippen molar-refractivity contribution in [2.75, 3.05) is 0 Å². The van der Waals surface area contributed by atoms with Crippen LogP contribution in [0.4, 0.5) is 0 Å². The van der Waals surface area contributed by atoms with Crippen molar-refractivity contribution in [1.29, 1.82) is 0 Å². The van der Waals surface area contributed by atoms with Crippen LogP contribution in [0.2, 0.25) is 0 Å². The lowest BCUT2D eigenvalue weighted by Gasteiger charge is -2.33. The van der Waals surface area contributed by atoms with E-state index in [-0.39, 0.29) is 6.92 Å². The molecule has 0 spiro atoms. The van der Waals surface area contributed by atoms with Gasteiger partial charge in [-0.1, -0.05) is 115 Å². The van der Waals surface area contributed by atoms with E-state index in [0.29, 0.717) is 0 Å². The second-order valence-corrected chi connectivity index (χ2v) is 16.0. The van der Waals surface area contributed by atoms with Gasteiger partial charge >= 0.3 is 6.92 Å². The maximum Gasteiger partial charge on any atom is 0.434 e. The molecule has 3 aromatic heterocycles. The summed E-state index contributed by atoms with van der Waals surface area (Å²) in [5, 5.41) is 7.37. The predicted molar refractivity (Wildman–Crippen MR) is 247 cm³/mol. The van der Waals surface area contributed by atoms with E-state index in [1.165, 1.54) is 54.4 Å². The number of para-hydroxylation sites is 6. The summed E-state index contributed by atoms with van der Waals surface area (Å²) in [4.78, 5) is 0. The predicted octanol–water partition coefficient (Wildman–Crippen LogP) is 12.2. The lowest BCUT2D eigenvalue weighted by atomic mass is 9.50. The summed E-state index contributed by atoms with van der Waals surface area (Å²) in [6.45, 7) is -0.351. The summed E-state index contributed by atoms with van der Waals surface area (Å²) in [5.41, 5.74) is 14.5. The van der Waals surface area contributed by atoms with Gasteiger partial charge in [0, 0.05) is 66.2 Å². The molecule has 12 aromatic rings. The SMILES string of the molecule is c1ccc2c(c1)OB1c3cc(-n4c5ccccc5c5ccccc54)ccc3Oc3cc(-n4c5ccccc5c5ccc(-n6c7ccccc7c7ccccc76)cc54)cc-2c31. The average Bonchev–Trinajstić information content (AvgIpc) is 3.94. The van der Waals surface area contributed by atoms with Gasteiger partial charge in [0.2, 0.25) is 0 Å². The molecule has 278 valence electrons. The molecule has 0 radical (unpaired) electrons. The van der Waals surface area contributed by atoms with Crippen LogP contribution in [0.25, 0.3) is 93.6 Å². The Hall–Kier alpha value is -7.96. The first-order valence-electron chi connectivity index (χ1n) is 20.5. The molecule has 0 N–H and O–H groups in total. The molecule has 0 atom stereocenters. The van der Waals surface area contributed by atoms with E-state index in [1.807, 2.05) is 0 Å². The minimum atomic E-state index is -0.351. The minimum absolute atomic E-state index is 0.351. The molecule has 2 aliphatic heterocycles. The Morgan fingerprint density at radius 3 is 1.37 bits per heavy atom. The van der Waals surface area contributed by atoms with Crippen molar-refractivity contribution < 1.29 is 9.39 Å². The Morgan fingerprint density at radius 2 is 0.783 bits per heavy atom. The Balaban J connectivity index is 0.992. The highest BCUT2D eigenvalue weighted by Gasteiger charge is 2.41. The maximum absolute atomic E-state index is 7.02. The van der Waals surface area contributed by atoms with E-state index in [2.05, 4.69) is 208 Å². The van der Waals surface area contributed by atoms with Gasteiger partial charge in [-0.15, -0.1) is 0 Å². The maximum atomic E-state index is 7.02. The zero-order valence-corrected chi connectivity index (χ0v) is 32.2. The topological polar surface area (TPSA) is 33.2 Å². The fourth-order valence-electron chi connectivity index (χ4n) is 10.4. The molecule has 0 fully saturated rings. The average molecular weight is 766 g/mol. The van der Waals surface area contributed by atoms with Gasteiger partial charge in [0.15, 0.2) is 0 Å². The van der Waals surface area contributed by atoms with Crippen molar-refractivity contribution in [1.82, 2.24) is 13.7 Å². The third-order valence-electron chi connectivity index (χ3n) is 12.9. The number of ether oxygens (including phenoxy) is 1. The van der Waals surface area contributed by atoms with E-state index in [1.54, 1.807) is 0 Å². The van der Waals surface area contributed by atoms with Gasteiger partial charge in [0.25, 0.3) is 0 Å². The van der Waals surface area contributed by atoms with Gasteiger partial charge in [0.1, 0.15) is 17.2 Å². The van der Waals surface area contributed by atoms with Crippen molar-refractivity contribution in [3.05, 3.63) is 194 Å². The fourth-order valence-corrected chi connectivity index (χ4v) is 10.4. The summed E-state index contributed by atoms with van der Waals surface area (Å²) in [5.74, 6) is 2.48. The minimum Gasteiger partial charge on any atom is -0.551 e. The monoisotopic (exact) mass is 765 g/mol.